The van der Waals surface area contributed by atoms with Gasteiger partial charge in [-0.1, -0.05) is 47.7 Å². The number of rotatable bonds is 7. The van der Waals surface area contributed by atoms with Crippen molar-refractivity contribution in [1.82, 2.24) is 4.90 Å². The Bertz CT molecular complexity index is 1050. The fraction of sp³-hybridized carbons (Fsp3) is 0.360. The highest BCUT2D eigenvalue weighted by molar-refractivity contribution is 6.46. The number of quaternary nitrogens is 1. The number of ether oxygens (including phenoxy) is 2. The van der Waals surface area contributed by atoms with E-state index in [4.69, 9.17) is 21.1 Å². The highest BCUT2D eigenvalue weighted by atomic mass is 35.5. The van der Waals surface area contributed by atoms with Crippen LogP contribution < -0.4 is 14.7 Å². The first kappa shape index (κ1) is 23.3. The number of carbonyl (C=O) groups is 2. The highest BCUT2D eigenvalue weighted by Crippen LogP contribution is 2.42. The molecule has 1 atom stereocenters. The van der Waals surface area contributed by atoms with Gasteiger partial charge in [-0.3, -0.25) is 9.59 Å². The Hall–Kier alpha value is -2.87. The largest absolute Gasteiger partial charge is 0.872 e. The summed E-state index contributed by atoms with van der Waals surface area (Å²) in [5.74, 6) is -1.36. The van der Waals surface area contributed by atoms with E-state index >= 15 is 0 Å². The standard InChI is InChI=1S/C25H27ClN2O5/c1-32-20-6-3-2-5-19(20)22-21(23(29)17-7-9-18(26)10-8-17)24(30)25(31)28(22)12-4-11-27-13-15-33-16-14-27/h2-3,5-10,22,29H,4,11-16H2,1H3/b23-21+. The number of carbonyl (C=O) groups excluding carboxylic acids is 2. The van der Waals surface area contributed by atoms with Crippen LogP contribution in [-0.4, -0.2) is 63.1 Å². The van der Waals surface area contributed by atoms with Gasteiger partial charge >= 0.3 is 0 Å². The number of nitrogens with zero attached hydrogens (tertiary/aromatic N) is 1. The van der Waals surface area contributed by atoms with E-state index in [-0.39, 0.29) is 5.57 Å². The van der Waals surface area contributed by atoms with Crippen LogP contribution in [0, 0.1) is 0 Å². The molecule has 4 rings (SSSR count). The lowest BCUT2D eigenvalue weighted by atomic mass is 9.94. The van der Waals surface area contributed by atoms with Crippen molar-refractivity contribution < 1.29 is 29.1 Å². The molecule has 0 spiro atoms. The molecule has 0 aliphatic carbocycles. The van der Waals surface area contributed by atoms with E-state index in [9.17, 15) is 14.7 Å². The summed E-state index contributed by atoms with van der Waals surface area (Å²) in [7, 11) is 1.53. The van der Waals surface area contributed by atoms with E-state index in [1.54, 1.807) is 36.4 Å². The quantitative estimate of drug-likeness (QED) is 0.369. The first-order valence-electron chi connectivity index (χ1n) is 11.1. The van der Waals surface area contributed by atoms with Gasteiger partial charge in [0.25, 0.3) is 5.91 Å². The van der Waals surface area contributed by atoms with Gasteiger partial charge in [0, 0.05) is 29.1 Å². The van der Waals surface area contributed by atoms with Crippen molar-refractivity contribution in [1.29, 1.82) is 0 Å². The number of morpholine rings is 1. The number of nitrogens with one attached hydrogen (secondary N) is 1. The second-order valence-electron chi connectivity index (χ2n) is 8.19. The van der Waals surface area contributed by atoms with E-state index in [2.05, 4.69) is 0 Å². The third kappa shape index (κ3) is 4.90. The van der Waals surface area contributed by atoms with Crippen molar-refractivity contribution in [2.24, 2.45) is 0 Å². The van der Waals surface area contributed by atoms with Crippen LogP contribution in [0.15, 0.2) is 54.1 Å². The Morgan fingerprint density at radius 1 is 1.15 bits per heavy atom. The molecular formula is C25H27ClN2O5. The summed E-state index contributed by atoms with van der Waals surface area (Å²) in [5.41, 5.74) is 0.885. The van der Waals surface area contributed by atoms with Gasteiger partial charge in [-0.05, 0) is 23.8 Å². The molecule has 7 nitrogen and oxygen atoms in total. The van der Waals surface area contributed by atoms with Crippen molar-refractivity contribution in [2.75, 3.05) is 46.5 Å². The zero-order valence-corrected chi connectivity index (χ0v) is 19.3. The Morgan fingerprint density at radius 2 is 1.85 bits per heavy atom. The number of para-hydroxylation sites is 1. The number of likely N-dealkylation sites (tertiary alicyclic amines) is 1. The van der Waals surface area contributed by atoms with E-state index in [1.165, 1.54) is 16.9 Å². The van der Waals surface area contributed by atoms with E-state index in [0.717, 1.165) is 32.8 Å². The minimum absolute atomic E-state index is 0.0504. The van der Waals surface area contributed by atoms with Gasteiger partial charge in [-0.2, -0.15) is 0 Å². The molecule has 8 heteroatoms. The van der Waals surface area contributed by atoms with Crippen LogP contribution >= 0.6 is 11.6 Å². The number of benzene rings is 2. The number of halogens is 1. The zero-order chi connectivity index (χ0) is 23.4. The fourth-order valence-corrected chi connectivity index (χ4v) is 4.61. The van der Waals surface area contributed by atoms with Crippen molar-refractivity contribution in [3.8, 4) is 5.75 Å². The summed E-state index contributed by atoms with van der Waals surface area (Å²) >= 11 is 5.96. The molecule has 1 amide bonds. The van der Waals surface area contributed by atoms with Crippen LogP contribution in [0.5, 0.6) is 5.75 Å². The average molecular weight is 471 g/mol. The summed E-state index contributed by atoms with van der Waals surface area (Å²) in [4.78, 5) is 29.1. The average Bonchev–Trinajstić information content (AvgIpc) is 3.09. The topological polar surface area (TPSA) is 83.3 Å². The predicted octanol–water partition coefficient (Wildman–Crippen LogP) is 0.878. The third-order valence-corrected chi connectivity index (χ3v) is 6.45. The van der Waals surface area contributed by atoms with Crippen LogP contribution in [0.1, 0.15) is 23.6 Å². The van der Waals surface area contributed by atoms with Crippen molar-refractivity contribution in [3.05, 3.63) is 70.3 Å². The number of methoxy groups -OCH3 is 1. The van der Waals surface area contributed by atoms with E-state index in [0.29, 0.717) is 34.9 Å². The normalized spacial score (nSPS) is 20.9. The Kier molecular flexibility index (Phi) is 7.33. The van der Waals surface area contributed by atoms with Gasteiger partial charge in [0.1, 0.15) is 18.8 Å². The third-order valence-electron chi connectivity index (χ3n) is 6.20. The molecule has 2 aliphatic heterocycles. The lowest BCUT2D eigenvalue weighted by Crippen LogP contribution is -3.14. The fourth-order valence-electron chi connectivity index (χ4n) is 4.48. The molecule has 1 unspecified atom stereocenters. The molecule has 0 aromatic heterocycles. The molecule has 174 valence electrons. The summed E-state index contributed by atoms with van der Waals surface area (Å²) in [6.07, 6.45) is 0.711. The number of ketones is 1. The molecule has 0 saturated carbocycles. The summed E-state index contributed by atoms with van der Waals surface area (Å²) in [6.45, 7) is 4.54. The first-order chi connectivity index (χ1) is 16.0. The summed E-state index contributed by atoms with van der Waals surface area (Å²) < 4.78 is 10.9. The number of hydrogen-bond acceptors (Lipinski definition) is 5. The minimum atomic E-state index is -0.802. The molecule has 2 aliphatic rings. The minimum Gasteiger partial charge on any atom is -0.872 e. The van der Waals surface area contributed by atoms with Crippen LogP contribution in [0.3, 0.4) is 0 Å². The van der Waals surface area contributed by atoms with E-state index < -0.39 is 23.5 Å². The molecule has 2 heterocycles. The van der Waals surface area contributed by atoms with Crippen molar-refractivity contribution in [3.63, 3.8) is 0 Å². The lowest BCUT2D eigenvalue weighted by Gasteiger charge is -2.29. The van der Waals surface area contributed by atoms with Crippen LogP contribution in [0.2, 0.25) is 5.02 Å². The van der Waals surface area contributed by atoms with Crippen molar-refractivity contribution >= 4 is 29.1 Å². The van der Waals surface area contributed by atoms with Crippen molar-refractivity contribution in [2.45, 2.75) is 12.5 Å². The Balaban J connectivity index is 1.70. The predicted molar refractivity (Wildman–Crippen MR) is 122 cm³/mol. The maximum absolute atomic E-state index is 13.4. The number of amides is 1. The molecule has 2 aromatic rings. The molecule has 33 heavy (non-hydrogen) atoms. The first-order valence-corrected chi connectivity index (χ1v) is 11.5. The summed E-state index contributed by atoms with van der Waals surface area (Å²) in [6, 6.07) is 12.7. The van der Waals surface area contributed by atoms with Gasteiger partial charge in [0.05, 0.1) is 32.9 Å². The molecule has 2 saturated heterocycles. The molecule has 2 fully saturated rings. The van der Waals surface area contributed by atoms with Gasteiger partial charge < -0.3 is 24.4 Å². The van der Waals surface area contributed by atoms with Gasteiger partial charge in [-0.25, -0.2) is 0 Å². The van der Waals surface area contributed by atoms with Gasteiger partial charge in [0.15, 0.2) is 0 Å². The maximum atomic E-state index is 13.4. The van der Waals surface area contributed by atoms with Crippen LogP contribution in [0.4, 0.5) is 0 Å². The summed E-state index contributed by atoms with van der Waals surface area (Å²) in [5, 5.41) is 13.9. The van der Waals surface area contributed by atoms with E-state index in [1.807, 2.05) is 12.1 Å². The maximum Gasteiger partial charge on any atom is 0.295 e. The number of Topliss-reactive ketones (excluding diaryl/α,β-unsaturated/α-hetero) is 1. The molecule has 1 N–H and O–H groups in total. The zero-order valence-electron chi connectivity index (χ0n) is 18.5. The Morgan fingerprint density at radius 3 is 2.55 bits per heavy atom. The van der Waals surface area contributed by atoms with Gasteiger partial charge in [-0.15, -0.1) is 0 Å². The SMILES string of the molecule is COc1ccccc1C1/C(=C(\[O-])c2ccc(Cl)cc2)C(=O)C(=O)N1CCC[NH+]1CCOCC1. The Labute approximate surface area is 198 Å². The monoisotopic (exact) mass is 470 g/mol. The molecule has 0 radical (unpaired) electrons. The van der Waals surface area contributed by atoms with Crippen LogP contribution in [0.25, 0.3) is 5.76 Å². The lowest BCUT2D eigenvalue weighted by molar-refractivity contribution is -0.908. The molecule has 0 bridgehead atoms. The second kappa shape index (κ2) is 10.4. The molecular weight excluding hydrogens is 444 g/mol. The highest BCUT2D eigenvalue weighted by Gasteiger charge is 2.45. The molecule has 2 aromatic carbocycles. The smallest absolute Gasteiger partial charge is 0.295 e. The van der Waals surface area contributed by atoms with Crippen LogP contribution in [-0.2, 0) is 14.3 Å². The number of hydrogen-bond donors (Lipinski definition) is 1. The second-order valence-corrected chi connectivity index (χ2v) is 8.62. The van der Waals surface area contributed by atoms with Gasteiger partial charge in [0.2, 0.25) is 5.78 Å².